The summed E-state index contributed by atoms with van der Waals surface area (Å²) >= 11 is 0. The summed E-state index contributed by atoms with van der Waals surface area (Å²) in [4.78, 5) is 14.0. The zero-order valence-corrected chi connectivity index (χ0v) is 30.0. The standard InChI is InChI=1S/C22H15N2.C18H24NSi.Ir/c1-3-8-17(9-4-1)19-14-15-21(23-16-19)22-13-7-12-20(24-22)18-10-5-2-6-11-18;1-14(2)11-16-12-17(15-9-7-6-8-10-15)19-13-18(16)20(3,4)5;/h1-12,14-16H;6-9,12-14H,11H2,1-5H3;/q2*-1;. The molecule has 0 unspecified atom stereocenters. The molecule has 229 valence electrons. The molecule has 0 saturated carbocycles. The minimum atomic E-state index is -1.34. The zero-order valence-electron chi connectivity index (χ0n) is 26.6. The van der Waals surface area contributed by atoms with E-state index in [1.807, 2.05) is 79.0 Å². The first-order valence-electron chi connectivity index (χ1n) is 15.2. The van der Waals surface area contributed by atoms with Gasteiger partial charge in [0, 0.05) is 38.2 Å². The van der Waals surface area contributed by atoms with Crippen LogP contribution in [0.1, 0.15) is 19.4 Å². The number of hydrogen-bond donors (Lipinski definition) is 0. The van der Waals surface area contributed by atoms with Gasteiger partial charge >= 0.3 is 0 Å². The largest absolute Gasteiger partial charge is 0.317 e. The van der Waals surface area contributed by atoms with Crippen LogP contribution in [0.15, 0.2) is 128 Å². The van der Waals surface area contributed by atoms with E-state index in [0.29, 0.717) is 5.92 Å². The van der Waals surface area contributed by atoms with E-state index in [0.717, 1.165) is 51.5 Å². The Morgan fingerprint density at radius 1 is 0.622 bits per heavy atom. The van der Waals surface area contributed by atoms with E-state index in [-0.39, 0.29) is 20.1 Å². The van der Waals surface area contributed by atoms with Gasteiger partial charge in [0.2, 0.25) is 0 Å². The molecule has 3 aromatic carbocycles. The van der Waals surface area contributed by atoms with E-state index in [1.165, 1.54) is 10.8 Å². The van der Waals surface area contributed by atoms with Gasteiger partial charge in [0.25, 0.3) is 0 Å². The average molecular weight is 782 g/mol. The van der Waals surface area contributed by atoms with Gasteiger partial charge in [-0.15, -0.1) is 42.0 Å². The van der Waals surface area contributed by atoms with Crippen molar-refractivity contribution in [3.05, 3.63) is 145 Å². The van der Waals surface area contributed by atoms with Crippen LogP contribution in [0.4, 0.5) is 0 Å². The third-order valence-electron chi connectivity index (χ3n) is 7.29. The maximum atomic E-state index is 4.70. The minimum absolute atomic E-state index is 0. The first-order valence-corrected chi connectivity index (χ1v) is 18.7. The van der Waals surface area contributed by atoms with Crippen LogP contribution in [0.5, 0.6) is 0 Å². The Kier molecular flexibility index (Phi) is 11.9. The Hall–Kier alpha value is -4.02. The topological polar surface area (TPSA) is 38.7 Å². The first-order chi connectivity index (χ1) is 21.3. The fraction of sp³-hybridized carbons (Fsp3) is 0.175. The molecule has 6 aromatic rings. The summed E-state index contributed by atoms with van der Waals surface area (Å²) in [6.45, 7) is 11.7. The van der Waals surface area contributed by atoms with E-state index >= 15 is 0 Å². The van der Waals surface area contributed by atoms with Crippen molar-refractivity contribution in [2.75, 3.05) is 0 Å². The molecule has 3 aromatic heterocycles. The molecular formula is C40H39IrN3Si-2. The van der Waals surface area contributed by atoms with Crippen molar-refractivity contribution in [3.8, 4) is 45.0 Å². The molecule has 0 aliphatic heterocycles. The van der Waals surface area contributed by atoms with Crippen LogP contribution in [-0.4, -0.2) is 23.0 Å². The quantitative estimate of drug-likeness (QED) is 0.120. The summed E-state index contributed by atoms with van der Waals surface area (Å²) in [5, 5.41) is 1.49. The monoisotopic (exact) mass is 782 g/mol. The van der Waals surface area contributed by atoms with Gasteiger partial charge in [0.15, 0.2) is 0 Å². The molecule has 5 heteroatoms. The predicted octanol–water partition coefficient (Wildman–Crippen LogP) is 9.57. The van der Waals surface area contributed by atoms with Gasteiger partial charge in [-0.1, -0.05) is 118 Å². The minimum Gasteiger partial charge on any atom is -0.317 e. The summed E-state index contributed by atoms with van der Waals surface area (Å²) in [7, 11) is -1.34. The Labute approximate surface area is 283 Å². The molecule has 0 fully saturated rings. The molecule has 1 radical (unpaired) electrons. The number of benzene rings is 3. The van der Waals surface area contributed by atoms with Crippen molar-refractivity contribution in [2.45, 2.75) is 39.9 Å². The van der Waals surface area contributed by atoms with Crippen LogP contribution in [0.25, 0.3) is 45.0 Å². The predicted molar refractivity (Wildman–Crippen MR) is 187 cm³/mol. The van der Waals surface area contributed by atoms with Crippen LogP contribution in [0, 0.1) is 18.1 Å². The number of pyridine rings is 3. The molecule has 0 atom stereocenters. The molecule has 0 N–H and O–H groups in total. The smallest absolute Gasteiger partial charge is 0.0798 e. The van der Waals surface area contributed by atoms with Crippen molar-refractivity contribution >= 4 is 13.3 Å². The summed E-state index contributed by atoms with van der Waals surface area (Å²) in [6, 6.07) is 45.1. The van der Waals surface area contributed by atoms with Gasteiger partial charge in [-0.05, 0) is 51.3 Å². The molecule has 3 nitrogen and oxygen atoms in total. The van der Waals surface area contributed by atoms with Crippen LogP contribution in [0.3, 0.4) is 0 Å². The number of aromatic nitrogens is 3. The Bertz CT molecular complexity index is 1770. The van der Waals surface area contributed by atoms with E-state index in [4.69, 9.17) is 4.98 Å². The van der Waals surface area contributed by atoms with Gasteiger partial charge < -0.3 is 9.97 Å². The van der Waals surface area contributed by atoms with Crippen molar-refractivity contribution in [1.82, 2.24) is 15.0 Å². The molecule has 3 heterocycles. The first kappa shape index (κ1) is 33.9. The Morgan fingerprint density at radius 3 is 1.89 bits per heavy atom. The second-order valence-corrected chi connectivity index (χ2v) is 17.4. The van der Waals surface area contributed by atoms with Gasteiger partial charge in [0.1, 0.15) is 0 Å². The molecule has 0 saturated heterocycles. The van der Waals surface area contributed by atoms with Crippen molar-refractivity contribution in [2.24, 2.45) is 5.92 Å². The molecule has 0 aliphatic rings. The van der Waals surface area contributed by atoms with Crippen molar-refractivity contribution in [3.63, 3.8) is 0 Å². The maximum absolute atomic E-state index is 4.70. The van der Waals surface area contributed by atoms with Gasteiger partial charge in [-0.3, -0.25) is 4.98 Å². The molecule has 0 aliphatic carbocycles. The van der Waals surface area contributed by atoms with E-state index in [9.17, 15) is 0 Å². The molecule has 45 heavy (non-hydrogen) atoms. The molecule has 0 amide bonds. The average Bonchev–Trinajstić information content (AvgIpc) is 3.06. The van der Waals surface area contributed by atoms with Crippen LogP contribution in [0.2, 0.25) is 19.6 Å². The van der Waals surface area contributed by atoms with E-state index in [1.54, 1.807) is 0 Å². The van der Waals surface area contributed by atoms with Gasteiger partial charge in [0.05, 0.1) is 8.07 Å². The Balaban J connectivity index is 0.000000204. The molecule has 6 rings (SSSR count). The third-order valence-corrected chi connectivity index (χ3v) is 9.35. The number of rotatable bonds is 7. The number of hydrogen-bond acceptors (Lipinski definition) is 3. The zero-order chi connectivity index (χ0) is 30.9. The van der Waals surface area contributed by atoms with Gasteiger partial charge in [-0.25, -0.2) is 0 Å². The second kappa shape index (κ2) is 15.8. The molecular weight excluding hydrogens is 743 g/mol. The van der Waals surface area contributed by atoms with Crippen molar-refractivity contribution < 1.29 is 20.1 Å². The fourth-order valence-electron chi connectivity index (χ4n) is 5.11. The van der Waals surface area contributed by atoms with Crippen LogP contribution in [-0.2, 0) is 26.5 Å². The Morgan fingerprint density at radius 2 is 1.29 bits per heavy atom. The van der Waals surface area contributed by atoms with Gasteiger partial charge in [-0.2, -0.15) is 12.1 Å². The normalized spacial score (nSPS) is 10.9. The second-order valence-electron chi connectivity index (χ2n) is 12.3. The third kappa shape index (κ3) is 9.24. The molecule has 0 spiro atoms. The molecule has 0 bridgehead atoms. The van der Waals surface area contributed by atoms with Crippen molar-refractivity contribution in [1.29, 1.82) is 0 Å². The fourth-order valence-corrected chi connectivity index (χ4v) is 6.70. The summed E-state index contributed by atoms with van der Waals surface area (Å²) < 4.78 is 0. The number of nitrogens with zero attached hydrogens (tertiary/aromatic N) is 3. The summed E-state index contributed by atoms with van der Waals surface area (Å²) in [5.74, 6) is 0.667. The van der Waals surface area contributed by atoms with Crippen LogP contribution < -0.4 is 5.19 Å². The maximum Gasteiger partial charge on any atom is 0.0798 e. The summed E-state index contributed by atoms with van der Waals surface area (Å²) in [6.07, 6.45) is 5.12. The SMILES string of the molecule is CC(C)Cc1cc(-c2[c-]cccc2)ncc1[Si](C)(C)C.[Ir].[c-]1ccc(-c2ccccc2)nc1-c1ccc(-c2ccccc2)cn1. The van der Waals surface area contributed by atoms with E-state index < -0.39 is 8.07 Å². The van der Waals surface area contributed by atoms with E-state index in [2.05, 4.69) is 104 Å². The van der Waals surface area contributed by atoms with Crippen LogP contribution >= 0.6 is 0 Å². The summed E-state index contributed by atoms with van der Waals surface area (Å²) in [5.41, 5.74) is 9.46.